The number of nitrogens with zero attached hydrogens (tertiary/aromatic N) is 1. The lowest BCUT2D eigenvalue weighted by atomic mass is 10.1. The predicted octanol–water partition coefficient (Wildman–Crippen LogP) is 2.29. The second-order valence-electron chi connectivity index (χ2n) is 4.65. The normalized spacial score (nSPS) is 12.4. The van der Waals surface area contributed by atoms with Crippen molar-refractivity contribution in [2.75, 3.05) is 17.7 Å². The molecule has 0 radical (unpaired) electrons. The first-order valence-electron chi connectivity index (χ1n) is 6.44. The Morgan fingerprint density at radius 2 is 2.00 bits per heavy atom. The third kappa shape index (κ3) is 2.44. The largest absolute Gasteiger partial charge is 0.399 e. The first kappa shape index (κ1) is 12.5. The monoisotopic (exact) mass is 268 g/mol. The number of nitrogens with two attached hydrogens (primary N) is 1. The maximum absolute atomic E-state index is 9.54. The van der Waals surface area contributed by atoms with Crippen LogP contribution in [0.15, 0.2) is 48.5 Å². The number of nitrogens with one attached hydrogen (secondary N) is 2. The van der Waals surface area contributed by atoms with Crippen molar-refractivity contribution in [1.82, 2.24) is 9.97 Å². The van der Waals surface area contributed by atoms with Crippen LogP contribution in [0.2, 0.25) is 0 Å². The quantitative estimate of drug-likeness (QED) is 0.547. The molecule has 102 valence electrons. The molecule has 0 aliphatic rings. The predicted molar refractivity (Wildman–Crippen MR) is 80.4 cm³/mol. The highest BCUT2D eigenvalue weighted by Gasteiger charge is 2.12. The van der Waals surface area contributed by atoms with Crippen molar-refractivity contribution in [1.29, 1.82) is 0 Å². The van der Waals surface area contributed by atoms with E-state index >= 15 is 0 Å². The van der Waals surface area contributed by atoms with Gasteiger partial charge in [-0.2, -0.15) is 0 Å². The summed E-state index contributed by atoms with van der Waals surface area (Å²) in [7, 11) is 0. The van der Waals surface area contributed by atoms with Gasteiger partial charge in [-0.1, -0.05) is 30.3 Å². The first-order chi connectivity index (χ1) is 9.76. The fourth-order valence-corrected chi connectivity index (χ4v) is 2.18. The van der Waals surface area contributed by atoms with E-state index in [1.54, 1.807) is 0 Å². The summed E-state index contributed by atoms with van der Waals surface area (Å²) in [5, 5.41) is 12.7. The number of imidazole rings is 1. The molecule has 0 amide bonds. The molecular formula is C15H16N4O. The van der Waals surface area contributed by atoms with Crippen LogP contribution in [0.5, 0.6) is 0 Å². The lowest BCUT2D eigenvalue weighted by Gasteiger charge is -2.15. The molecule has 2 aromatic carbocycles. The van der Waals surface area contributed by atoms with Crippen LogP contribution in [0.1, 0.15) is 11.6 Å². The number of anilines is 2. The van der Waals surface area contributed by atoms with E-state index in [1.165, 1.54) is 0 Å². The SMILES string of the molecule is Nc1ccc2nc(NC(CO)c3ccccc3)[nH]c2c1. The van der Waals surface area contributed by atoms with E-state index in [9.17, 15) is 5.11 Å². The number of H-pyrrole nitrogens is 1. The molecule has 20 heavy (non-hydrogen) atoms. The second kappa shape index (κ2) is 5.22. The minimum absolute atomic E-state index is 0.0107. The van der Waals surface area contributed by atoms with Crippen LogP contribution in [0.4, 0.5) is 11.6 Å². The third-order valence-electron chi connectivity index (χ3n) is 3.20. The van der Waals surface area contributed by atoms with Crippen LogP contribution in [-0.2, 0) is 0 Å². The molecule has 1 aromatic heterocycles. The topological polar surface area (TPSA) is 87.0 Å². The molecule has 1 heterocycles. The molecule has 0 spiro atoms. The fourth-order valence-electron chi connectivity index (χ4n) is 2.18. The van der Waals surface area contributed by atoms with Crippen LogP contribution in [-0.4, -0.2) is 21.7 Å². The molecule has 0 aliphatic carbocycles. The molecule has 0 fully saturated rings. The van der Waals surface area contributed by atoms with Crippen molar-refractivity contribution in [2.45, 2.75) is 6.04 Å². The van der Waals surface area contributed by atoms with Crippen LogP contribution in [0.3, 0.4) is 0 Å². The van der Waals surface area contributed by atoms with E-state index in [1.807, 2.05) is 48.5 Å². The van der Waals surface area contributed by atoms with Gasteiger partial charge < -0.3 is 21.1 Å². The van der Waals surface area contributed by atoms with Crippen molar-refractivity contribution in [3.63, 3.8) is 0 Å². The van der Waals surface area contributed by atoms with Gasteiger partial charge >= 0.3 is 0 Å². The van der Waals surface area contributed by atoms with Gasteiger partial charge in [0.15, 0.2) is 0 Å². The highest BCUT2D eigenvalue weighted by atomic mass is 16.3. The summed E-state index contributed by atoms with van der Waals surface area (Å²) in [5.41, 5.74) is 9.15. The van der Waals surface area contributed by atoms with Gasteiger partial charge in [0.2, 0.25) is 5.95 Å². The molecule has 0 saturated carbocycles. The van der Waals surface area contributed by atoms with E-state index < -0.39 is 0 Å². The van der Waals surface area contributed by atoms with Gasteiger partial charge in [-0.05, 0) is 23.8 Å². The van der Waals surface area contributed by atoms with E-state index in [0.717, 1.165) is 16.6 Å². The van der Waals surface area contributed by atoms with Gasteiger partial charge in [0.1, 0.15) is 0 Å². The van der Waals surface area contributed by atoms with Crippen LogP contribution < -0.4 is 11.1 Å². The number of aromatic amines is 1. The summed E-state index contributed by atoms with van der Waals surface area (Å²) < 4.78 is 0. The average Bonchev–Trinajstić information content (AvgIpc) is 2.87. The van der Waals surface area contributed by atoms with Crippen molar-refractivity contribution in [2.24, 2.45) is 0 Å². The maximum atomic E-state index is 9.54. The number of hydrogen-bond donors (Lipinski definition) is 4. The summed E-state index contributed by atoms with van der Waals surface area (Å²) in [6.45, 7) is -0.0107. The molecule has 5 heteroatoms. The number of hydrogen-bond acceptors (Lipinski definition) is 4. The lowest BCUT2D eigenvalue weighted by molar-refractivity contribution is 0.276. The van der Waals surface area contributed by atoms with Crippen molar-refractivity contribution in [3.05, 3.63) is 54.1 Å². The van der Waals surface area contributed by atoms with Crippen LogP contribution in [0.25, 0.3) is 11.0 Å². The van der Waals surface area contributed by atoms with E-state index in [4.69, 9.17) is 5.73 Å². The maximum Gasteiger partial charge on any atom is 0.201 e. The summed E-state index contributed by atoms with van der Waals surface area (Å²) in [6, 6.07) is 15.1. The Kier molecular flexibility index (Phi) is 3.26. The van der Waals surface area contributed by atoms with Crippen molar-refractivity contribution < 1.29 is 5.11 Å². The summed E-state index contributed by atoms with van der Waals surface area (Å²) in [4.78, 5) is 7.59. The highest BCUT2D eigenvalue weighted by Crippen LogP contribution is 2.21. The first-order valence-corrected chi connectivity index (χ1v) is 6.44. The molecule has 0 bridgehead atoms. The number of nitrogen functional groups attached to an aromatic ring is 1. The number of benzene rings is 2. The third-order valence-corrected chi connectivity index (χ3v) is 3.20. The molecule has 0 saturated heterocycles. The molecular weight excluding hydrogens is 252 g/mol. The molecule has 5 N–H and O–H groups in total. The van der Waals surface area contributed by atoms with Gasteiger partial charge in [-0.25, -0.2) is 4.98 Å². The van der Waals surface area contributed by atoms with Crippen molar-refractivity contribution in [3.8, 4) is 0 Å². The molecule has 3 rings (SSSR count). The lowest BCUT2D eigenvalue weighted by Crippen LogP contribution is -2.15. The summed E-state index contributed by atoms with van der Waals surface area (Å²) in [5.74, 6) is 0.619. The van der Waals surface area contributed by atoms with Gasteiger partial charge in [0.05, 0.1) is 23.7 Å². The highest BCUT2D eigenvalue weighted by molar-refractivity contribution is 5.80. The Morgan fingerprint density at radius 1 is 1.20 bits per heavy atom. The van der Waals surface area contributed by atoms with E-state index in [2.05, 4.69) is 15.3 Å². The van der Waals surface area contributed by atoms with Crippen LogP contribution >= 0.6 is 0 Å². The zero-order chi connectivity index (χ0) is 13.9. The number of aliphatic hydroxyl groups is 1. The minimum Gasteiger partial charge on any atom is -0.399 e. The summed E-state index contributed by atoms with van der Waals surface area (Å²) >= 11 is 0. The van der Waals surface area contributed by atoms with Crippen LogP contribution in [0, 0.1) is 0 Å². The molecule has 1 unspecified atom stereocenters. The molecule has 5 nitrogen and oxygen atoms in total. The van der Waals surface area contributed by atoms with Gasteiger partial charge in [-0.3, -0.25) is 0 Å². The standard InChI is InChI=1S/C15H16N4O/c16-11-6-7-12-13(8-11)18-15(17-12)19-14(9-20)10-4-2-1-3-5-10/h1-8,14,20H,9,16H2,(H2,17,18,19). The van der Waals surface area contributed by atoms with E-state index in [0.29, 0.717) is 11.6 Å². The Morgan fingerprint density at radius 3 is 2.75 bits per heavy atom. The zero-order valence-electron chi connectivity index (χ0n) is 10.9. The zero-order valence-corrected chi connectivity index (χ0v) is 10.9. The number of rotatable bonds is 4. The van der Waals surface area contributed by atoms with E-state index in [-0.39, 0.29) is 12.6 Å². The number of aliphatic hydroxyl groups excluding tert-OH is 1. The van der Waals surface area contributed by atoms with Gasteiger partial charge in [0, 0.05) is 5.69 Å². The Hall–Kier alpha value is -2.53. The average molecular weight is 268 g/mol. The molecule has 0 aliphatic heterocycles. The minimum atomic E-state index is -0.200. The number of fused-ring (bicyclic) bond motifs is 1. The van der Waals surface area contributed by atoms with Gasteiger partial charge in [-0.15, -0.1) is 0 Å². The molecule has 3 aromatic rings. The Bertz CT molecular complexity index is 708. The fraction of sp³-hybridized carbons (Fsp3) is 0.133. The van der Waals surface area contributed by atoms with Gasteiger partial charge in [0.25, 0.3) is 0 Å². The van der Waals surface area contributed by atoms with Crippen molar-refractivity contribution >= 4 is 22.7 Å². The number of aromatic nitrogens is 2. The smallest absolute Gasteiger partial charge is 0.201 e. The second-order valence-corrected chi connectivity index (χ2v) is 4.65. The Labute approximate surface area is 116 Å². The molecule has 1 atom stereocenters. The summed E-state index contributed by atoms with van der Waals surface area (Å²) in [6.07, 6.45) is 0. The Balaban J connectivity index is 1.87.